The molecule has 0 N–H and O–H groups in total. The number of anilines is 1. The van der Waals surface area contributed by atoms with E-state index in [1.54, 1.807) is 11.3 Å². The minimum atomic E-state index is -0.241. The van der Waals surface area contributed by atoms with Crippen molar-refractivity contribution in [1.82, 2.24) is 25.1 Å². The molecule has 31 heavy (non-hydrogen) atoms. The number of thiophene rings is 1. The van der Waals surface area contributed by atoms with Crippen molar-refractivity contribution in [3.8, 4) is 0 Å². The Balaban J connectivity index is 1.43. The number of benzene rings is 2. The summed E-state index contributed by atoms with van der Waals surface area (Å²) >= 11 is 1.69. The number of rotatable bonds is 6. The predicted octanol–water partition coefficient (Wildman–Crippen LogP) is 3.83. The van der Waals surface area contributed by atoms with E-state index in [0.29, 0.717) is 6.54 Å². The van der Waals surface area contributed by atoms with Gasteiger partial charge in [-0.3, -0.25) is 4.90 Å². The van der Waals surface area contributed by atoms with Crippen molar-refractivity contribution in [1.29, 1.82) is 0 Å². The Morgan fingerprint density at radius 1 is 0.903 bits per heavy atom. The molecule has 0 radical (unpaired) electrons. The summed E-state index contributed by atoms with van der Waals surface area (Å²) in [7, 11) is 0. The second-order valence-electron chi connectivity index (χ2n) is 7.59. The van der Waals surface area contributed by atoms with Gasteiger partial charge in [-0.05, 0) is 51.7 Å². The first-order valence-corrected chi connectivity index (χ1v) is 11.2. The van der Waals surface area contributed by atoms with Crippen molar-refractivity contribution in [2.24, 2.45) is 0 Å². The molecule has 0 bridgehead atoms. The van der Waals surface area contributed by atoms with E-state index in [4.69, 9.17) is 0 Å². The van der Waals surface area contributed by atoms with Gasteiger partial charge in [-0.1, -0.05) is 36.4 Å². The van der Waals surface area contributed by atoms with Crippen LogP contribution in [0.15, 0.2) is 72.1 Å². The number of hydrogen-bond donors (Lipinski definition) is 0. The fourth-order valence-electron chi connectivity index (χ4n) is 4.12. The Morgan fingerprint density at radius 2 is 1.68 bits per heavy atom. The highest BCUT2D eigenvalue weighted by Gasteiger charge is 2.30. The van der Waals surface area contributed by atoms with E-state index in [1.807, 2.05) is 28.9 Å². The highest BCUT2D eigenvalue weighted by atomic mass is 32.1. The number of para-hydroxylation sites is 1. The van der Waals surface area contributed by atoms with Gasteiger partial charge >= 0.3 is 0 Å². The van der Waals surface area contributed by atoms with Crippen LogP contribution in [-0.4, -0.2) is 51.3 Å². The Bertz CT molecular complexity index is 1090. The highest BCUT2D eigenvalue weighted by molar-refractivity contribution is 7.09. The van der Waals surface area contributed by atoms with E-state index in [-0.39, 0.29) is 11.9 Å². The number of hydrogen-bond acceptors (Lipinski definition) is 6. The van der Waals surface area contributed by atoms with Crippen LogP contribution in [0.3, 0.4) is 0 Å². The van der Waals surface area contributed by atoms with Crippen molar-refractivity contribution in [3.05, 3.63) is 94.2 Å². The normalized spacial score (nSPS) is 15.8. The summed E-state index contributed by atoms with van der Waals surface area (Å²) in [4.78, 5) is 5.98. The van der Waals surface area contributed by atoms with Gasteiger partial charge in [-0.2, -0.15) is 0 Å². The zero-order valence-electron chi connectivity index (χ0n) is 17.0. The van der Waals surface area contributed by atoms with Gasteiger partial charge in [-0.15, -0.1) is 16.4 Å². The molecule has 1 fully saturated rings. The van der Waals surface area contributed by atoms with E-state index in [2.05, 4.69) is 61.0 Å². The van der Waals surface area contributed by atoms with E-state index in [9.17, 15) is 4.39 Å². The molecular formula is C23H23FN6S. The molecule has 5 rings (SSSR count). The van der Waals surface area contributed by atoms with Crippen LogP contribution in [0.5, 0.6) is 0 Å². The zero-order valence-corrected chi connectivity index (χ0v) is 17.8. The molecule has 2 aromatic carbocycles. The number of nitrogens with zero attached hydrogens (tertiary/aromatic N) is 6. The summed E-state index contributed by atoms with van der Waals surface area (Å²) < 4.78 is 15.5. The van der Waals surface area contributed by atoms with Gasteiger partial charge in [-0.25, -0.2) is 9.07 Å². The lowest BCUT2D eigenvalue weighted by molar-refractivity contribution is 0.201. The molecule has 0 spiro atoms. The molecule has 4 aromatic rings. The molecule has 6 nitrogen and oxygen atoms in total. The molecular weight excluding hydrogens is 411 g/mol. The molecule has 1 aliphatic heterocycles. The van der Waals surface area contributed by atoms with Crippen LogP contribution in [0.4, 0.5) is 10.1 Å². The van der Waals surface area contributed by atoms with E-state index < -0.39 is 0 Å². The molecule has 8 heteroatoms. The Kier molecular flexibility index (Phi) is 5.73. The predicted molar refractivity (Wildman–Crippen MR) is 120 cm³/mol. The monoisotopic (exact) mass is 434 g/mol. The summed E-state index contributed by atoms with van der Waals surface area (Å²) in [5.74, 6) is 0.544. The summed E-state index contributed by atoms with van der Waals surface area (Å²) in [6, 6.07) is 21.2. The molecule has 0 aliphatic carbocycles. The molecule has 3 heterocycles. The number of aromatic nitrogens is 4. The fraction of sp³-hybridized carbons (Fsp3) is 0.261. The third kappa shape index (κ3) is 4.35. The van der Waals surface area contributed by atoms with Gasteiger partial charge in [0.25, 0.3) is 0 Å². The lowest BCUT2D eigenvalue weighted by Gasteiger charge is -2.39. The summed E-state index contributed by atoms with van der Waals surface area (Å²) in [5.41, 5.74) is 2.24. The maximum atomic E-state index is 13.6. The molecule has 0 amide bonds. The largest absolute Gasteiger partial charge is 0.369 e. The van der Waals surface area contributed by atoms with Crippen LogP contribution in [0.25, 0.3) is 0 Å². The minimum Gasteiger partial charge on any atom is -0.369 e. The molecule has 0 saturated carbocycles. The average Bonchev–Trinajstić information content (AvgIpc) is 3.49. The van der Waals surface area contributed by atoms with Crippen LogP contribution in [0.1, 0.15) is 22.3 Å². The quantitative estimate of drug-likeness (QED) is 0.462. The van der Waals surface area contributed by atoms with Crippen molar-refractivity contribution in [3.63, 3.8) is 0 Å². The van der Waals surface area contributed by atoms with Gasteiger partial charge < -0.3 is 4.90 Å². The Morgan fingerprint density at radius 3 is 2.39 bits per heavy atom. The van der Waals surface area contributed by atoms with Crippen LogP contribution in [0.2, 0.25) is 0 Å². The van der Waals surface area contributed by atoms with Gasteiger partial charge in [0.15, 0.2) is 5.82 Å². The van der Waals surface area contributed by atoms with Gasteiger partial charge in [0, 0.05) is 36.7 Å². The smallest absolute Gasteiger partial charge is 0.173 e. The lowest BCUT2D eigenvalue weighted by Crippen LogP contribution is -2.48. The van der Waals surface area contributed by atoms with Crippen molar-refractivity contribution in [2.45, 2.75) is 12.6 Å². The number of halogens is 1. The number of piperazine rings is 1. The van der Waals surface area contributed by atoms with Crippen molar-refractivity contribution >= 4 is 17.0 Å². The molecule has 1 atom stereocenters. The molecule has 1 aliphatic rings. The SMILES string of the molecule is Fc1ccc([C@@H](c2nnnn2Cc2cccs2)N2CCN(c3ccccc3)CC2)cc1. The summed E-state index contributed by atoms with van der Waals surface area (Å²) in [6.45, 7) is 4.18. The first-order chi connectivity index (χ1) is 15.3. The Labute approximate surface area is 184 Å². The van der Waals surface area contributed by atoms with Gasteiger partial charge in [0.2, 0.25) is 0 Å². The minimum absolute atomic E-state index is 0.131. The molecule has 0 unspecified atom stereocenters. The summed E-state index contributed by atoms with van der Waals surface area (Å²) in [5, 5.41) is 14.7. The number of tetrazole rings is 1. The first kappa shape index (κ1) is 19.8. The Hall–Kier alpha value is -3.10. The first-order valence-electron chi connectivity index (χ1n) is 10.4. The average molecular weight is 435 g/mol. The zero-order chi connectivity index (χ0) is 21.0. The van der Waals surface area contributed by atoms with Crippen LogP contribution in [-0.2, 0) is 6.54 Å². The van der Waals surface area contributed by atoms with E-state index >= 15 is 0 Å². The summed E-state index contributed by atoms with van der Waals surface area (Å²) in [6.07, 6.45) is 0. The van der Waals surface area contributed by atoms with E-state index in [0.717, 1.165) is 37.6 Å². The van der Waals surface area contributed by atoms with Crippen LogP contribution >= 0.6 is 11.3 Å². The van der Waals surface area contributed by atoms with E-state index in [1.165, 1.54) is 22.7 Å². The second-order valence-corrected chi connectivity index (χ2v) is 8.62. The highest BCUT2D eigenvalue weighted by Crippen LogP contribution is 2.29. The third-order valence-electron chi connectivity index (χ3n) is 5.68. The maximum absolute atomic E-state index is 13.6. The standard InChI is InChI=1S/C23H23FN6S/c24-19-10-8-18(9-11-19)22(23-25-26-27-30(23)17-21-7-4-16-31-21)29-14-12-28(13-15-29)20-5-2-1-3-6-20/h1-11,16,22H,12-15,17H2/t22-/m0/s1. The van der Waals surface area contributed by atoms with Crippen LogP contribution < -0.4 is 4.90 Å². The molecule has 1 saturated heterocycles. The molecule has 2 aromatic heterocycles. The van der Waals surface area contributed by atoms with Crippen molar-refractivity contribution < 1.29 is 4.39 Å². The van der Waals surface area contributed by atoms with Gasteiger partial charge in [0.05, 0.1) is 12.6 Å². The topological polar surface area (TPSA) is 50.1 Å². The lowest BCUT2D eigenvalue weighted by atomic mass is 10.0. The van der Waals surface area contributed by atoms with Gasteiger partial charge in [0.1, 0.15) is 5.82 Å². The molecule has 158 valence electrons. The maximum Gasteiger partial charge on any atom is 0.173 e. The van der Waals surface area contributed by atoms with Crippen molar-refractivity contribution in [2.75, 3.05) is 31.1 Å². The fourth-order valence-corrected chi connectivity index (χ4v) is 4.80. The second kappa shape index (κ2) is 8.95. The third-order valence-corrected chi connectivity index (χ3v) is 6.54. The van der Waals surface area contributed by atoms with Crippen LogP contribution in [0, 0.1) is 5.82 Å².